The van der Waals surface area contributed by atoms with Crippen LogP contribution in [0, 0.1) is 5.82 Å². The number of hydrogen-bond acceptors (Lipinski definition) is 4. The fraction of sp³-hybridized carbons (Fsp3) is 0.409. The second-order valence-electron chi connectivity index (χ2n) is 7.34. The number of nitrogens with one attached hydrogen (secondary N) is 1. The molecule has 8 heteroatoms. The molecular weight excluding hydrogens is 405 g/mol. The van der Waals surface area contributed by atoms with Crippen LogP contribution in [0.4, 0.5) is 4.39 Å². The minimum absolute atomic E-state index is 0.0582. The number of benzene rings is 2. The van der Waals surface area contributed by atoms with Gasteiger partial charge in [-0.25, -0.2) is 12.8 Å². The van der Waals surface area contributed by atoms with E-state index in [4.69, 9.17) is 0 Å². The molecule has 1 aliphatic heterocycles. The molecular formula is C22H28FN3O3S. The van der Waals surface area contributed by atoms with E-state index in [0.29, 0.717) is 18.7 Å². The maximum absolute atomic E-state index is 13.3. The molecule has 1 heterocycles. The van der Waals surface area contributed by atoms with Crippen LogP contribution in [-0.4, -0.2) is 56.3 Å². The number of piperazine rings is 1. The average Bonchev–Trinajstić information content (AvgIpc) is 2.78. The fourth-order valence-corrected chi connectivity index (χ4v) is 4.85. The fourth-order valence-electron chi connectivity index (χ4n) is 3.42. The molecule has 0 bridgehead atoms. The maximum atomic E-state index is 13.3. The largest absolute Gasteiger partial charge is 0.340 e. The van der Waals surface area contributed by atoms with Crippen molar-refractivity contribution in [3.63, 3.8) is 0 Å². The zero-order valence-electron chi connectivity index (χ0n) is 17.2. The van der Waals surface area contributed by atoms with E-state index in [-0.39, 0.29) is 36.1 Å². The van der Waals surface area contributed by atoms with Gasteiger partial charge in [0, 0.05) is 45.7 Å². The number of amides is 1. The summed E-state index contributed by atoms with van der Waals surface area (Å²) in [6.45, 7) is 4.89. The molecule has 0 radical (unpaired) electrons. The topological polar surface area (TPSA) is 69.7 Å². The van der Waals surface area contributed by atoms with E-state index in [9.17, 15) is 17.6 Å². The third-order valence-corrected chi connectivity index (χ3v) is 7.15. The van der Waals surface area contributed by atoms with Crippen LogP contribution in [0.25, 0.3) is 0 Å². The minimum Gasteiger partial charge on any atom is -0.340 e. The number of rotatable bonds is 8. The Kier molecular flexibility index (Phi) is 7.58. The van der Waals surface area contributed by atoms with Crippen LogP contribution < -0.4 is 5.32 Å². The van der Waals surface area contributed by atoms with Gasteiger partial charge in [-0.15, -0.1) is 0 Å². The van der Waals surface area contributed by atoms with Crippen molar-refractivity contribution in [3.8, 4) is 0 Å². The van der Waals surface area contributed by atoms with Crippen molar-refractivity contribution in [2.75, 3.05) is 32.7 Å². The highest BCUT2D eigenvalue weighted by Gasteiger charge is 2.26. The highest BCUT2D eigenvalue weighted by Crippen LogP contribution is 2.20. The standard InChI is InChI=1S/C22H28FN3O3S/c1-2-18-5-9-21(10-6-18)30(28,29)26(17-19-3-7-20(23)8-4-19)14-11-22(27)25-15-12-24-13-16-25/h3-10,24H,2,11-17H2,1H3. The van der Waals surface area contributed by atoms with E-state index in [0.717, 1.165) is 25.1 Å². The Morgan fingerprint density at radius 1 is 1.03 bits per heavy atom. The highest BCUT2D eigenvalue weighted by atomic mass is 32.2. The van der Waals surface area contributed by atoms with E-state index in [1.54, 1.807) is 41.3 Å². The monoisotopic (exact) mass is 433 g/mol. The Morgan fingerprint density at radius 3 is 2.23 bits per heavy atom. The summed E-state index contributed by atoms with van der Waals surface area (Å²) in [6, 6.07) is 12.5. The molecule has 0 atom stereocenters. The first kappa shape index (κ1) is 22.4. The molecule has 30 heavy (non-hydrogen) atoms. The molecule has 162 valence electrons. The lowest BCUT2D eigenvalue weighted by Crippen LogP contribution is -2.47. The van der Waals surface area contributed by atoms with Gasteiger partial charge in [0.05, 0.1) is 4.90 Å². The molecule has 1 aliphatic rings. The van der Waals surface area contributed by atoms with E-state index in [1.807, 2.05) is 6.92 Å². The van der Waals surface area contributed by atoms with Gasteiger partial charge in [0.1, 0.15) is 5.82 Å². The van der Waals surface area contributed by atoms with Gasteiger partial charge >= 0.3 is 0 Å². The Hall–Kier alpha value is -2.29. The van der Waals surface area contributed by atoms with Crippen molar-refractivity contribution in [2.45, 2.75) is 31.2 Å². The van der Waals surface area contributed by atoms with Crippen molar-refractivity contribution in [1.29, 1.82) is 0 Å². The first-order chi connectivity index (χ1) is 14.4. The van der Waals surface area contributed by atoms with E-state index >= 15 is 0 Å². The predicted molar refractivity (Wildman–Crippen MR) is 114 cm³/mol. The van der Waals surface area contributed by atoms with Crippen molar-refractivity contribution in [1.82, 2.24) is 14.5 Å². The van der Waals surface area contributed by atoms with Gasteiger partial charge in [-0.3, -0.25) is 4.79 Å². The van der Waals surface area contributed by atoms with Crippen LogP contribution in [0.1, 0.15) is 24.5 Å². The zero-order chi connectivity index (χ0) is 21.6. The normalized spacial score (nSPS) is 14.8. The van der Waals surface area contributed by atoms with Gasteiger partial charge in [0.2, 0.25) is 15.9 Å². The van der Waals surface area contributed by atoms with Crippen LogP contribution in [0.15, 0.2) is 53.4 Å². The molecule has 1 N–H and O–H groups in total. The van der Waals surface area contributed by atoms with E-state index < -0.39 is 10.0 Å². The number of hydrogen-bond donors (Lipinski definition) is 1. The Morgan fingerprint density at radius 2 is 1.63 bits per heavy atom. The molecule has 0 aromatic heterocycles. The average molecular weight is 434 g/mol. The summed E-state index contributed by atoms with van der Waals surface area (Å²) < 4.78 is 41.2. The SMILES string of the molecule is CCc1ccc(S(=O)(=O)N(CCC(=O)N2CCNCC2)Cc2ccc(F)cc2)cc1. The predicted octanol–water partition coefficient (Wildman–Crippen LogP) is 2.40. The molecule has 1 saturated heterocycles. The highest BCUT2D eigenvalue weighted by molar-refractivity contribution is 7.89. The van der Waals surface area contributed by atoms with Crippen LogP contribution in [0.3, 0.4) is 0 Å². The molecule has 0 spiro atoms. The summed E-state index contributed by atoms with van der Waals surface area (Å²) in [6.07, 6.45) is 0.923. The Labute approximate surface area is 177 Å². The van der Waals surface area contributed by atoms with Gasteiger partial charge < -0.3 is 10.2 Å². The summed E-state index contributed by atoms with van der Waals surface area (Å²) in [5, 5.41) is 3.20. The number of aryl methyl sites for hydroxylation is 1. The molecule has 0 unspecified atom stereocenters. The zero-order valence-corrected chi connectivity index (χ0v) is 18.0. The third-order valence-electron chi connectivity index (χ3n) is 5.29. The Bertz CT molecular complexity index is 941. The molecule has 2 aromatic carbocycles. The molecule has 2 aromatic rings. The van der Waals surface area contributed by atoms with Gasteiger partial charge in [-0.05, 0) is 41.8 Å². The molecule has 1 fully saturated rings. The molecule has 3 rings (SSSR count). The second kappa shape index (κ2) is 10.1. The second-order valence-corrected chi connectivity index (χ2v) is 9.28. The number of carbonyl (C=O) groups is 1. The Balaban J connectivity index is 1.79. The van der Waals surface area contributed by atoms with Gasteiger partial charge in [-0.2, -0.15) is 4.31 Å². The van der Waals surface area contributed by atoms with Crippen molar-refractivity contribution < 1.29 is 17.6 Å². The number of sulfonamides is 1. The lowest BCUT2D eigenvalue weighted by Gasteiger charge is -2.29. The number of halogens is 1. The minimum atomic E-state index is -3.80. The molecule has 0 aliphatic carbocycles. The molecule has 6 nitrogen and oxygen atoms in total. The van der Waals surface area contributed by atoms with E-state index in [2.05, 4.69) is 5.32 Å². The maximum Gasteiger partial charge on any atom is 0.243 e. The summed E-state index contributed by atoms with van der Waals surface area (Å²) in [7, 11) is -3.80. The molecule has 1 amide bonds. The first-order valence-corrected chi connectivity index (χ1v) is 11.7. The van der Waals surface area contributed by atoms with Crippen molar-refractivity contribution >= 4 is 15.9 Å². The summed E-state index contributed by atoms with van der Waals surface area (Å²) in [5.74, 6) is -0.436. The quantitative estimate of drug-likeness (QED) is 0.694. The van der Waals surface area contributed by atoms with Gasteiger partial charge in [0.25, 0.3) is 0 Å². The first-order valence-electron chi connectivity index (χ1n) is 10.2. The van der Waals surface area contributed by atoms with Crippen molar-refractivity contribution in [3.05, 3.63) is 65.5 Å². The third kappa shape index (κ3) is 5.65. The van der Waals surface area contributed by atoms with Crippen LogP contribution >= 0.6 is 0 Å². The summed E-state index contributed by atoms with van der Waals surface area (Å²) >= 11 is 0. The smallest absolute Gasteiger partial charge is 0.243 e. The van der Waals surface area contributed by atoms with E-state index in [1.165, 1.54) is 16.4 Å². The summed E-state index contributed by atoms with van der Waals surface area (Å²) in [4.78, 5) is 14.5. The van der Waals surface area contributed by atoms with Crippen LogP contribution in [-0.2, 0) is 27.8 Å². The number of nitrogens with zero attached hydrogens (tertiary/aromatic N) is 2. The van der Waals surface area contributed by atoms with Crippen molar-refractivity contribution in [2.24, 2.45) is 0 Å². The van der Waals surface area contributed by atoms with Crippen LogP contribution in [0.2, 0.25) is 0 Å². The van der Waals surface area contributed by atoms with Gasteiger partial charge in [-0.1, -0.05) is 31.2 Å². The van der Waals surface area contributed by atoms with Gasteiger partial charge in [0.15, 0.2) is 0 Å². The molecule has 0 saturated carbocycles. The lowest BCUT2D eigenvalue weighted by atomic mass is 10.2. The number of carbonyl (C=O) groups excluding carboxylic acids is 1. The summed E-state index contributed by atoms with van der Waals surface area (Å²) in [5.41, 5.74) is 1.72. The lowest BCUT2D eigenvalue weighted by molar-refractivity contribution is -0.131. The van der Waals surface area contributed by atoms with Crippen LogP contribution in [0.5, 0.6) is 0 Å².